The first-order valence-corrected chi connectivity index (χ1v) is 12.5. The average molecular weight is 425 g/mol. The van der Waals surface area contributed by atoms with Gasteiger partial charge in [-0.05, 0) is 57.8 Å². The minimum Gasteiger partial charge on any atom is -0.390 e. The lowest BCUT2D eigenvalue weighted by atomic mass is 9.91. The van der Waals surface area contributed by atoms with E-state index in [1.54, 1.807) is 13.8 Å². The fraction of sp³-hybridized carbons (Fsp3) is 0.889. The van der Waals surface area contributed by atoms with Gasteiger partial charge >= 0.3 is 0 Å². The highest BCUT2D eigenvalue weighted by molar-refractivity contribution is 5.82. The van der Waals surface area contributed by atoms with Crippen LogP contribution in [0.5, 0.6) is 0 Å². The Morgan fingerprint density at radius 2 is 1.37 bits per heavy atom. The van der Waals surface area contributed by atoms with E-state index in [0.717, 1.165) is 24.2 Å². The Balaban J connectivity index is 3.86. The topological polar surface area (TPSA) is 57.5 Å². The highest BCUT2D eigenvalue weighted by atomic mass is 16.3. The molecule has 0 aromatic rings. The minimum atomic E-state index is -1.06. The Labute approximate surface area is 187 Å². The molecule has 3 nitrogen and oxygen atoms in total. The number of Topliss-reactive ketones (excluding diaryl/α,β-unsaturated/α-hetero) is 1. The standard InChI is InChI=1S/C27H52O3/c1-21(2)12-8-13-22(3)14-9-15-23(4)16-10-17-24(5)18-11-19-25(28)26(29)20-27(6,7)30/h18,21-23,26,29-30H,8-17,19-20H2,1-7H3. The van der Waals surface area contributed by atoms with Crippen LogP contribution in [0.1, 0.15) is 126 Å². The molecule has 0 saturated carbocycles. The van der Waals surface area contributed by atoms with Gasteiger partial charge < -0.3 is 10.2 Å². The van der Waals surface area contributed by atoms with Gasteiger partial charge in [-0.2, -0.15) is 0 Å². The van der Waals surface area contributed by atoms with Gasteiger partial charge in [-0.15, -0.1) is 0 Å². The molecule has 0 fully saturated rings. The van der Waals surface area contributed by atoms with E-state index in [4.69, 9.17) is 0 Å². The van der Waals surface area contributed by atoms with Crippen LogP contribution in [0.2, 0.25) is 0 Å². The van der Waals surface area contributed by atoms with Crippen LogP contribution in [0, 0.1) is 17.8 Å². The third-order valence-corrected chi connectivity index (χ3v) is 6.09. The third-order valence-electron chi connectivity index (χ3n) is 6.09. The minimum absolute atomic E-state index is 0.100. The zero-order chi connectivity index (χ0) is 23.2. The normalized spacial score (nSPS) is 16.0. The van der Waals surface area contributed by atoms with Gasteiger partial charge in [-0.25, -0.2) is 0 Å². The molecule has 3 heteroatoms. The lowest BCUT2D eigenvalue weighted by molar-refractivity contribution is -0.130. The fourth-order valence-corrected chi connectivity index (χ4v) is 4.02. The predicted octanol–water partition coefficient (Wildman–Crippen LogP) is 7.24. The van der Waals surface area contributed by atoms with Crippen molar-refractivity contribution in [3.8, 4) is 0 Å². The second-order valence-corrected chi connectivity index (χ2v) is 10.9. The SMILES string of the molecule is CC(=CCCC(=O)C(O)CC(C)(C)O)CCCC(C)CCCC(C)CCCC(C)C. The second-order valence-electron chi connectivity index (χ2n) is 10.9. The molecule has 0 aromatic heterocycles. The number of aliphatic hydroxyl groups is 2. The van der Waals surface area contributed by atoms with Crippen molar-refractivity contribution in [1.29, 1.82) is 0 Å². The van der Waals surface area contributed by atoms with Gasteiger partial charge in [0.25, 0.3) is 0 Å². The van der Waals surface area contributed by atoms with Crippen molar-refractivity contribution in [1.82, 2.24) is 0 Å². The maximum Gasteiger partial charge on any atom is 0.161 e. The molecular formula is C27H52O3. The lowest BCUT2D eigenvalue weighted by Gasteiger charge is -2.20. The van der Waals surface area contributed by atoms with Crippen LogP contribution < -0.4 is 0 Å². The molecule has 0 aromatic carbocycles. The molecule has 0 saturated heterocycles. The van der Waals surface area contributed by atoms with Crippen LogP contribution in [0.3, 0.4) is 0 Å². The number of carbonyl (C=O) groups is 1. The summed E-state index contributed by atoms with van der Waals surface area (Å²) in [6.45, 7) is 14.8. The number of carbonyl (C=O) groups excluding carboxylic acids is 1. The smallest absolute Gasteiger partial charge is 0.161 e. The van der Waals surface area contributed by atoms with Gasteiger partial charge in [0, 0.05) is 12.8 Å². The Bertz CT molecular complexity index is 473. The predicted molar refractivity (Wildman–Crippen MR) is 130 cm³/mol. The highest BCUT2D eigenvalue weighted by Crippen LogP contribution is 2.22. The summed E-state index contributed by atoms with van der Waals surface area (Å²) in [5, 5.41) is 19.6. The molecule has 0 heterocycles. The van der Waals surface area contributed by atoms with Crippen LogP contribution in [-0.4, -0.2) is 27.7 Å². The van der Waals surface area contributed by atoms with Crippen molar-refractivity contribution >= 4 is 5.78 Å². The lowest BCUT2D eigenvalue weighted by Crippen LogP contribution is -2.31. The quantitative estimate of drug-likeness (QED) is 0.228. The highest BCUT2D eigenvalue weighted by Gasteiger charge is 2.23. The number of hydrogen-bond donors (Lipinski definition) is 2. The van der Waals surface area contributed by atoms with Crippen LogP contribution in [0.15, 0.2) is 11.6 Å². The molecule has 0 spiro atoms. The molecule has 0 radical (unpaired) electrons. The summed E-state index contributed by atoms with van der Waals surface area (Å²) in [7, 11) is 0. The zero-order valence-electron chi connectivity index (χ0n) is 21.2. The summed E-state index contributed by atoms with van der Waals surface area (Å²) >= 11 is 0. The van der Waals surface area contributed by atoms with Crippen LogP contribution in [0.4, 0.5) is 0 Å². The van der Waals surface area contributed by atoms with E-state index in [1.807, 2.05) is 0 Å². The van der Waals surface area contributed by atoms with Gasteiger partial charge in [0.05, 0.1) is 5.60 Å². The number of aliphatic hydroxyl groups excluding tert-OH is 1. The van der Waals surface area contributed by atoms with Crippen molar-refractivity contribution in [2.24, 2.45) is 17.8 Å². The van der Waals surface area contributed by atoms with Crippen LogP contribution in [0.25, 0.3) is 0 Å². The van der Waals surface area contributed by atoms with Crippen molar-refractivity contribution in [2.75, 3.05) is 0 Å². The Hall–Kier alpha value is -0.670. The number of allylic oxidation sites excluding steroid dienone is 2. The molecule has 2 N–H and O–H groups in total. The van der Waals surface area contributed by atoms with Gasteiger partial charge in [-0.1, -0.05) is 84.3 Å². The second kappa shape index (κ2) is 16.0. The van der Waals surface area contributed by atoms with E-state index in [-0.39, 0.29) is 12.2 Å². The first-order chi connectivity index (χ1) is 13.9. The first kappa shape index (κ1) is 29.3. The van der Waals surface area contributed by atoms with Gasteiger partial charge in [0.15, 0.2) is 5.78 Å². The van der Waals surface area contributed by atoms with Crippen molar-refractivity contribution in [3.05, 3.63) is 11.6 Å². The average Bonchev–Trinajstić information content (AvgIpc) is 2.59. The van der Waals surface area contributed by atoms with Gasteiger partial charge in [0.1, 0.15) is 6.10 Å². The maximum absolute atomic E-state index is 12.0. The zero-order valence-corrected chi connectivity index (χ0v) is 21.2. The van der Waals surface area contributed by atoms with E-state index in [0.29, 0.717) is 12.8 Å². The van der Waals surface area contributed by atoms with Crippen molar-refractivity contribution in [3.63, 3.8) is 0 Å². The summed E-state index contributed by atoms with van der Waals surface area (Å²) in [6, 6.07) is 0. The van der Waals surface area contributed by atoms with Crippen molar-refractivity contribution in [2.45, 2.75) is 137 Å². The van der Waals surface area contributed by atoms with Gasteiger partial charge in [-0.3, -0.25) is 4.79 Å². The summed E-state index contributed by atoms with van der Waals surface area (Å²) in [5.74, 6) is 2.32. The molecule has 0 aliphatic carbocycles. The number of rotatable bonds is 18. The van der Waals surface area contributed by atoms with E-state index in [2.05, 4.69) is 40.7 Å². The molecule has 3 unspecified atom stereocenters. The molecule has 0 aliphatic heterocycles. The maximum atomic E-state index is 12.0. The summed E-state index contributed by atoms with van der Waals surface area (Å²) in [4.78, 5) is 12.0. The number of hydrogen-bond acceptors (Lipinski definition) is 3. The Morgan fingerprint density at radius 1 is 0.867 bits per heavy atom. The molecule has 0 aliphatic rings. The molecule has 0 amide bonds. The van der Waals surface area contributed by atoms with Crippen LogP contribution >= 0.6 is 0 Å². The van der Waals surface area contributed by atoms with E-state index in [9.17, 15) is 15.0 Å². The Kier molecular flexibility index (Phi) is 15.7. The van der Waals surface area contributed by atoms with E-state index >= 15 is 0 Å². The first-order valence-electron chi connectivity index (χ1n) is 12.5. The monoisotopic (exact) mass is 424 g/mol. The van der Waals surface area contributed by atoms with E-state index in [1.165, 1.54) is 56.9 Å². The van der Waals surface area contributed by atoms with Gasteiger partial charge in [0.2, 0.25) is 0 Å². The summed E-state index contributed by atoms with van der Waals surface area (Å²) in [6.07, 6.45) is 14.0. The number of ketones is 1. The molecule has 0 bridgehead atoms. The Morgan fingerprint density at radius 3 is 1.87 bits per heavy atom. The summed E-state index contributed by atoms with van der Waals surface area (Å²) in [5.41, 5.74) is 0.328. The summed E-state index contributed by atoms with van der Waals surface area (Å²) < 4.78 is 0. The molecular weight excluding hydrogens is 372 g/mol. The van der Waals surface area contributed by atoms with Crippen LogP contribution in [-0.2, 0) is 4.79 Å². The molecule has 178 valence electrons. The largest absolute Gasteiger partial charge is 0.390 e. The molecule has 3 atom stereocenters. The van der Waals surface area contributed by atoms with Crippen molar-refractivity contribution < 1.29 is 15.0 Å². The third kappa shape index (κ3) is 18.1. The molecule has 0 rings (SSSR count). The fourth-order valence-electron chi connectivity index (χ4n) is 4.02. The molecule has 30 heavy (non-hydrogen) atoms. The van der Waals surface area contributed by atoms with E-state index < -0.39 is 11.7 Å².